The Balaban J connectivity index is 1.47. The predicted molar refractivity (Wildman–Crippen MR) is 127 cm³/mol. The van der Waals surface area contributed by atoms with Crippen LogP contribution in [0.25, 0.3) is 20.2 Å². The Morgan fingerprint density at radius 1 is 0.500 bits per heavy atom. The van der Waals surface area contributed by atoms with Crippen molar-refractivity contribution >= 4 is 65.5 Å². The summed E-state index contributed by atoms with van der Waals surface area (Å²) in [6, 6.07) is 17.4. The van der Waals surface area contributed by atoms with E-state index in [1.807, 2.05) is 0 Å². The van der Waals surface area contributed by atoms with E-state index in [4.69, 9.17) is 0 Å². The number of fused-ring (bicyclic) bond motifs is 2. The lowest BCUT2D eigenvalue weighted by Crippen LogP contribution is -1.63. The molecule has 0 N–H and O–H groups in total. The van der Waals surface area contributed by atoms with Crippen molar-refractivity contribution in [3.05, 3.63) is 77.8 Å². The number of benzene rings is 1. The van der Waals surface area contributed by atoms with Crippen molar-refractivity contribution in [2.75, 3.05) is 0 Å². The molecule has 0 amide bonds. The molecule has 5 aromatic rings. The molecule has 134 valence electrons. The van der Waals surface area contributed by atoms with Crippen molar-refractivity contribution in [2.24, 2.45) is 0 Å². The minimum absolute atomic E-state index is 1.12. The molecule has 0 bridgehead atoms. The van der Waals surface area contributed by atoms with Crippen molar-refractivity contribution in [3.63, 3.8) is 0 Å². The summed E-state index contributed by atoms with van der Waals surface area (Å²) in [4.78, 5) is 7.08. The van der Waals surface area contributed by atoms with Gasteiger partial charge < -0.3 is 0 Å². The molecular formula is C24H14S4. The summed E-state index contributed by atoms with van der Waals surface area (Å²) in [7, 11) is 0. The number of hydrogen-bond acceptors (Lipinski definition) is 4. The van der Waals surface area contributed by atoms with Crippen LogP contribution in [0.5, 0.6) is 0 Å². The Morgan fingerprint density at radius 3 is 1.32 bits per heavy atom. The highest BCUT2D eigenvalue weighted by Crippen LogP contribution is 2.34. The van der Waals surface area contributed by atoms with E-state index in [1.54, 1.807) is 45.3 Å². The second-order valence-electron chi connectivity index (χ2n) is 6.47. The quantitative estimate of drug-likeness (QED) is 0.221. The molecule has 4 heterocycles. The molecule has 28 heavy (non-hydrogen) atoms. The van der Waals surface area contributed by atoms with E-state index in [-0.39, 0.29) is 0 Å². The minimum Gasteiger partial charge on any atom is -0.132 e. The van der Waals surface area contributed by atoms with Crippen LogP contribution in [0.1, 0.15) is 29.3 Å². The van der Waals surface area contributed by atoms with E-state index in [0.717, 1.165) is 19.5 Å². The summed E-state index contributed by atoms with van der Waals surface area (Å²) in [5, 5.41) is 2.53. The largest absolute Gasteiger partial charge is 0.132 e. The summed E-state index contributed by atoms with van der Waals surface area (Å²) in [5.74, 6) is 13.2. The van der Waals surface area contributed by atoms with Gasteiger partial charge in [0.2, 0.25) is 0 Å². The van der Waals surface area contributed by atoms with Gasteiger partial charge in [-0.2, -0.15) is 0 Å². The van der Waals surface area contributed by atoms with Gasteiger partial charge in [-0.15, -0.1) is 45.3 Å². The van der Waals surface area contributed by atoms with E-state index < -0.39 is 0 Å². The fourth-order valence-electron chi connectivity index (χ4n) is 2.95. The molecule has 0 aliphatic carbocycles. The lowest BCUT2D eigenvalue weighted by molar-refractivity contribution is 1.64. The second kappa shape index (κ2) is 7.24. The molecule has 0 aliphatic rings. The molecular weight excluding hydrogens is 417 g/mol. The first-order valence-electron chi connectivity index (χ1n) is 8.76. The maximum atomic E-state index is 3.32. The topological polar surface area (TPSA) is 0 Å². The fourth-order valence-corrected chi connectivity index (χ4v) is 6.28. The van der Waals surface area contributed by atoms with Gasteiger partial charge in [0.25, 0.3) is 0 Å². The number of thiophene rings is 4. The summed E-state index contributed by atoms with van der Waals surface area (Å²) in [5.41, 5.74) is 0. The maximum Gasteiger partial charge on any atom is 0.0785 e. The van der Waals surface area contributed by atoms with E-state index in [2.05, 4.69) is 86.1 Å². The van der Waals surface area contributed by atoms with Crippen molar-refractivity contribution in [1.82, 2.24) is 0 Å². The van der Waals surface area contributed by atoms with Crippen LogP contribution in [0.3, 0.4) is 0 Å². The lowest BCUT2D eigenvalue weighted by atomic mass is 10.2. The molecule has 4 aromatic heterocycles. The fraction of sp³-hybridized carbons (Fsp3) is 0.0833. The SMILES string of the molecule is Cc1ccc(C#Cc2cc3cc4sc(C#Cc5ccc(C)s5)cc4cc3s2)s1. The number of rotatable bonds is 0. The summed E-state index contributed by atoms with van der Waals surface area (Å²) < 4.78 is 2.57. The van der Waals surface area contributed by atoms with E-state index in [0.29, 0.717) is 0 Å². The van der Waals surface area contributed by atoms with Crippen molar-refractivity contribution in [3.8, 4) is 23.7 Å². The average molecular weight is 431 g/mol. The Morgan fingerprint density at radius 2 is 0.929 bits per heavy atom. The van der Waals surface area contributed by atoms with Gasteiger partial charge in [0.15, 0.2) is 0 Å². The maximum absolute atomic E-state index is 3.32. The van der Waals surface area contributed by atoms with E-state index in [1.165, 1.54) is 29.9 Å². The molecule has 5 rings (SSSR count). The van der Waals surface area contributed by atoms with E-state index in [9.17, 15) is 0 Å². The highest BCUT2D eigenvalue weighted by molar-refractivity contribution is 7.21. The summed E-state index contributed by atoms with van der Waals surface area (Å²) in [6.07, 6.45) is 0. The number of aryl methyl sites for hydroxylation is 2. The van der Waals surface area contributed by atoms with Gasteiger partial charge in [0.1, 0.15) is 0 Å². The number of hydrogen-bond donors (Lipinski definition) is 0. The van der Waals surface area contributed by atoms with Crippen molar-refractivity contribution in [2.45, 2.75) is 13.8 Å². The summed E-state index contributed by atoms with van der Waals surface area (Å²) in [6.45, 7) is 4.23. The summed E-state index contributed by atoms with van der Waals surface area (Å²) >= 11 is 7.01. The van der Waals surface area contributed by atoms with Crippen LogP contribution >= 0.6 is 45.3 Å². The van der Waals surface area contributed by atoms with Crippen LogP contribution in [0.4, 0.5) is 0 Å². The molecule has 0 radical (unpaired) electrons. The Hall–Kier alpha value is -2.34. The van der Waals surface area contributed by atoms with Gasteiger partial charge in [-0.3, -0.25) is 0 Å². The van der Waals surface area contributed by atoms with Crippen LogP contribution in [-0.2, 0) is 0 Å². The first kappa shape index (κ1) is 17.7. The van der Waals surface area contributed by atoms with Gasteiger partial charge in [0.05, 0.1) is 19.5 Å². The zero-order valence-corrected chi connectivity index (χ0v) is 18.5. The molecule has 1 aromatic carbocycles. The zero-order valence-electron chi connectivity index (χ0n) is 15.3. The molecule has 0 unspecified atom stereocenters. The first-order valence-corrected chi connectivity index (χ1v) is 12.0. The van der Waals surface area contributed by atoms with Gasteiger partial charge >= 0.3 is 0 Å². The molecule has 0 saturated carbocycles. The monoisotopic (exact) mass is 430 g/mol. The smallest absolute Gasteiger partial charge is 0.0785 e. The Labute approximate surface area is 180 Å². The highest BCUT2D eigenvalue weighted by Gasteiger charge is 2.06. The van der Waals surface area contributed by atoms with Crippen LogP contribution < -0.4 is 0 Å². The first-order chi connectivity index (χ1) is 13.6. The van der Waals surface area contributed by atoms with Gasteiger partial charge in [0, 0.05) is 19.2 Å². The third-order valence-electron chi connectivity index (χ3n) is 4.25. The zero-order chi connectivity index (χ0) is 19.1. The minimum atomic E-state index is 1.12. The normalized spacial score (nSPS) is 10.6. The van der Waals surface area contributed by atoms with Crippen LogP contribution in [0, 0.1) is 37.5 Å². The van der Waals surface area contributed by atoms with Crippen LogP contribution in [-0.4, -0.2) is 0 Å². The molecule has 4 heteroatoms. The standard InChI is InChI=1S/C24H14S4/c1-15-3-5-19(25-15)7-9-21-11-17-13-24-18(14-23(17)27-21)12-22(28-24)10-8-20-6-4-16(2)26-20/h3-6,11-14H,1-2H3. The van der Waals surface area contributed by atoms with Crippen molar-refractivity contribution in [1.29, 1.82) is 0 Å². The molecule has 0 atom stereocenters. The Kier molecular flexibility index (Phi) is 4.59. The van der Waals surface area contributed by atoms with Gasteiger partial charge in [-0.05, 0) is 96.8 Å². The van der Waals surface area contributed by atoms with Gasteiger partial charge in [-0.1, -0.05) is 0 Å². The second-order valence-corrected chi connectivity index (χ2v) is 11.2. The molecule has 0 saturated heterocycles. The highest BCUT2D eigenvalue weighted by atomic mass is 32.1. The van der Waals surface area contributed by atoms with Crippen LogP contribution in [0.15, 0.2) is 48.5 Å². The molecule has 0 spiro atoms. The molecule has 0 fully saturated rings. The third-order valence-corrected chi connectivity index (χ3v) is 8.11. The van der Waals surface area contributed by atoms with Crippen LogP contribution in [0.2, 0.25) is 0 Å². The third kappa shape index (κ3) is 3.65. The molecule has 0 aliphatic heterocycles. The predicted octanol–water partition coefficient (Wildman–Crippen LogP) is 7.66. The average Bonchev–Trinajstić information content (AvgIpc) is 3.42. The lowest BCUT2D eigenvalue weighted by Gasteiger charge is -1.89. The van der Waals surface area contributed by atoms with E-state index >= 15 is 0 Å². The van der Waals surface area contributed by atoms with Crippen molar-refractivity contribution < 1.29 is 0 Å². The molecule has 0 nitrogen and oxygen atoms in total. The van der Waals surface area contributed by atoms with Gasteiger partial charge in [-0.25, -0.2) is 0 Å². The Bertz CT molecular complexity index is 1290.